The van der Waals surface area contributed by atoms with Crippen LogP contribution >= 0.6 is 11.3 Å². The molecule has 0 fully saturated rings. The highest BCUT2D eigenvalue weighted by molar-refractivity contribution is 7.12. The Morgan fingerprint density at radius 1 is 1.28 bits per heavy atom. The molecule has 0 radical (unpaired) electrons. The molecule has 1 atom stereocenters. The van der Waals surface area contributed by atoms with Gasteiger partial charge in [0, 0.05) is 34.7 Å². The summed E-state index contributed by atoms with van der Waals surface area (Å²) >= 11 is 1.88. The molecule has 0 spiro atoms. The number of nitrogens with one attached hydrogen (secondary N) is 1. The number of thiophene rings is 1. The molecule has 0 bridgehead atoms. The summed E-state index contributed by atoms with van der Waals surface area (Å²) in [6, 6.07) is 4.78. The summed E-state index contributed by atoms with van der Waals surface area (Å²) in [6.07, 6.45) is 4.75. The summed E-state index contributed by atoms with van der Waals surface area (Å²) < 4.78 is 0. The Kier molecular flexibility index (Phi) is 4.44. The van der Waals surface area contributed by atoms with E-state index in [1.54, 1.807) is 0 Å². The molecule has 0 aromatic carbocycles. The van der Waals surface area contributed by atoms with Crippen molar-refractivity contribution in [1.29, 1.82) is 0 Å². The maximum absolute atomic E-state index is 4.34. The summed E-state index contributed by atoms with van der Waals surface area (Å²) in [4.78, 5) is 11.4. The predicted molar refractivity (Wildman–Crippen MR) is 75.7 cm³/mol. The summed E-state index contributed by atoms with van der Waals surface area (Å²) in [7, 11) is 0. The molecule has 0 amide bonds. The van der Waals surface area contributed by atoms with E-state index in [0.717, 1.165) is 24.4 Å². The van der Waals surface area contributed by atoms with Crippen molar-refractivity contribution in [3.05, 3.63) is 45.7 Å². The molecule has 0 saturated heterocycles. The minimum atomic E-state index is 0.360. The van der Waals surface area contributed by atoms with Crippen LogP contribution in [0.4, 0.5) is 0 Å². The van der Waals surface area contributed by atoms with Gasteiger partial charge in [-0.1, -0.05) is 6.92 Å². The maximum atomic E-state index is 4.34. The molecule has 0 aliphatic rings. The average Bonchev–Trinajstić information content (AvgIpc) is 2.86. The lowest BCUT2D eigenvalue weighted by atomic mass is 10.2. The summed E-state index contributed by atoms with van der Waals surface area (Å²) in [5.41, 5.74) is 1.94. The molecule has 2 aromatic rings. The van der Waals surface area contributed by atoms with E-state index >= 15 is 0 Å². The Morgan fingerprint density at radius 3 is 2.72 bits per heavy atom. The predicted octanol–water partition coefficient (Wildman–Crippen LogP) is 3.26. The van der Waals surface area contributed by atoms with Crippen LogP contribution < -0.4 is 5.32 Å². The van der Waals surface area contributed by atoms with Crippen molar-refractivity contribution in [2.75, 3.05) is 0 Å². The topological polar surface area (TPSA) is 37.8 Å². The van der Waals surface area contributed by atoms with Gasteiger partial charge in [0.1, 0.15) is 0 Å². The van der Waals surface area contributed by atoms with E-state index in [2.05, 4.69) is 41.3 Å². The van der Waals surface area contributed by atoms with Gasteiger partial charge in [0.05, 0.1) is 11.4 Å². The number of nitrogens with zero attached hydrogens (tertiary/aromatic N) is 2. The number of aryl methyl sites for hydroxylation is 2. The molecule has 0 aliphatic heterocycles. The third kappa shape index (κ3) is 3.37. The van der Waals surface area contributed by atoms with Gasteiger partial charge >= 0.3 is 0 Å². The zero-order valence-corrected chi connectivity index (χ0v) is 11.9. The Hall–Kier alpha value is -1.26. The molecule has 3 nitrogen and oxygen atoms in total. The van der Waals surface area contributed by atoms with Gasteiger partial charge in [0.2, 0.25) is 0 Å². The van der Waals surface area contributed by atoms with Gasteiger partial charge in [-0.25, -0.2) is 0 Å². The highest BCUT2D eigenvalue weighted by Gasteiger charge is 2.08. The summed E-state index contributed by atoms with van der Waals surface area (Å²) in [5, 5.41) is 3.48. The molecule has 2 heterocycles. The molecule has 96 valence electrons. The average molecular weight is 261 g/mol. The third-order valence-corrected chi connectivity index (χ3v) is 4.29. The molecule has 18 heavy (non-hydrogen) atoms. The van der Waals surface area contributed by atoms with Gasteiger partial charge in [-0.15, -0.1) is 11.3 Å². The first-order chi connectivity index (χ1) is 8.69. The minimum Gasteiger partial charge on any atom is -0.304 e. The van der Waals surface area contributed by atoms with Crippen LogP contribution in [0.15, 0.2) is 24.5 Å². The van der Waals surface area contributed by atoms with Gasteiger partial charge < -0.3 is 5.32 Å². The van der Waals surface area contributed by atoms with Crippen molar-refractivity contribution in [2.24, 2.45) is 0 Å². The van der Waals surface area contributed by atoms with Crippen LogP contribution in [0.3, 0.4) is 0 Å². The first-order valence-corrected chi connectivity index (χ1v) is 7.10. The summed E-state index contributed by atoms with van der Waals surface area (Å²) in [5.74, 6) is 0. The van der Waals surface area contributed by atoms with E-state index in [4.69, 9.17) is 0 Å². The number of hydrogen-bond acceptors (Lipinski definition) is 4. The van der Waals surface area contributed by atoms with Gasteiger partial charge in [0.15, 0.2) is 0 Å². The quantitative estimate of drug-likeness (QED) is 0.897. The fourth-order valence-electron chi connectivity index (χ4n) is 1.69. The first-order valence-electron chi connectivity index (χ1n) is 6.28. The highest BCUT2D eigenvalue weighted by Crippen LogP contribution is 2.23. The lowest BCUT2D eigenvalue weighted by molar-refractivity contribution is 0.574. The van der Waals surface area contributed by atoms with Crippen LogP contribution in [-0.2, 0) is 13.0 Å². The smallest absolute Gasteiger partial charge is 0.0724 e. The van der Waals surface area contributed by atoms with Crippen LogP contribution in [-0.4, -0.2) is 9.97 Å². The second-order valence-electron chi connectivity index (χ2n) is 4.41. The largest absolute Gasteiger partial charge is 0.304 e. The lowest BCUT2D eigenvalue weighted by Gasteiger charge is -2.11. The molecule has 0 aliphatic carbocycles. The fourth-order valence-corrected chi connectivity index (χ4v) is 2.67. The second kappa shape index (κ2) is 6.07. The van der Waals surface area contributed by atoms with E-state index in [9.17, 15) is 0 Å². The van der Waals surface area contributed by atoms with Crippen LogP contribution in [0.25, 0.3) is 0 Å². The van der Waals surface area contributed by atoms with Crippen LogP contribution in [0.1, 0.15) is 41.0 Å². The van der Waals surface area contributed by atoms with Crippen molar-refractivity contribution >= 4 is 11.3 Å². The SMILES string of the molecule is CCc1ccc(C(C)NCc2cnc(C)cn2)s1. The molecule has 2 aromatic heterocycles. The molecule has 1 unspecified atom stereocenters. The van der Waals surface area contributed by atoms with E-state index in [-0.39, 0.29) is 0 Å². The Morgan fingerprint density at radius 2 is 2.11 bits per heavy atom. The normalized spacial score (nSPS) is 12.6. The number of aromatic nitrogens is 2. The molecule has 0 saturated carbocycles. The van der Waals surface area contributed by atoms with Crippen LogP contribution in [0, 0.1) is 6.92 Å². The van der Waals surface area contributed by atoms with E-state index < -0.39 is 0 Å². The van der Waals surface area contributed by atoms with E-state index in [1.165, 1.54) is 9.75 Å². The molecule has 2 rings (SSSR count). The zero-order valence-electron chi connectivity index (χ0n) is 11.1. The Labute approximate surface area is 112 Å². The Bertz CT molecular complexity index is 490. The maximum Gasteiger partial charge on any atom is 0.0724 e. The van der Waals surface area contributed by atoms with Crippen molar-refractivity contribution < 1.29 is 0 Å². The summed E-state index contributed by atoms with van der Waals surface area (Å²) in [6.45, 7) is 7.08. The van der Waals surface area contributed by atoms with Gasteiger partial charge in [0.25, 0.3) is 0 Å². The molecular weight excluding hydrogens is 242 g/mol. The minimum absolute atomic E-state index is 0.360. The molecular formula is C14H19N3S. The van der Waals surface area contributed by atoms with Gasteiger partial charge in [-0.3, -0.25) is 9.97 Å². The zero-order chi connectivity index (χ0) is 13.0. The monoisotopic (exact) mass is 261 g/mol. The van der Waals surface area contributed by atoms with Crippen molar-refractivity contribution in [1.82, 2.24) is 15.3 Å². The number of hydrogen-bond donors (Lipinski definition) is 1. The van der Waals surface area contributed by atoms with Gasteiger partial charge in [-0.2, -0.15) is 0 Å². The Balaban J connectivity index is 1.91. The van der Waals surface area contributed by atoms with Gasteiger partial charge in [-0.05, 0) is 32.4 Å². The molecule has 4 heteroatoms. The second-order valence-corrected chi connectivity index (χ2v) is 5.61. The first kappa shape index (κ1) is 13.2. The fraction of sp³-hybridized carbons (Fsp3) is 0.429. The van der Waals surface area contributed by atoms with Crippen LogP contribution in [0.2, 0.25) is 0 Å². The highest BCUT2D eigenvalue weighted by atomic mass is 32.1. The lowest BCUT2D eigenvalue weighted by Crippen LogP contribution is -2.18. The standard InChI is InChI=1S/C14H19N3S/c1-4-13-5-6-14(18-13)11(3)16-9-12-8-15-10(2)7-17-12/h5-8,11,16H,4,9H2,1-3H3. The van der Waals surface area contributed by atoms with Crippen molar-refractivity contribution in [3.8, 4) is 0 Å². The van der Waals surface area contributed by atoms with E-state index in [1.807, 2.05) is 30.7 Å². The van der Waals surface area contributed by atoms with E-state index in [0.29, 0.717) is 6.04 Å². The third-order valence-electron chi connectivity index (χ3n) is 2.88. The van der Waals surface area contributed by atoms with Crippen molar-refractivity contribution in [3.63, 3.8) is 0 Å². The van der Waals surface area contributed by atoms with Crippen molar-refractivity contribution in [2.45, 2.75) is 39.8 Å². The van der Waals surface area contributed by atoms with Crippen LogP contribution in [0.5, 0.6) is 0 Å². The number of rotatable bonds is 5. The molecule has 1 N–H and O–H groups in total.